The highest BCUT2D eigenvalue weighted by Crippen LogP contribution is 2.11. The van der Waals surface area contributed by atoms with Crippen molar-refractivity contribution < 1.29 is 4.79 Å². The molecule has 0 saturated heterocycles. The number of nitrogens with zero attached hydrogens (tertiary/aromatic N) is 2. The molecule has 0 aliphatic heterocycles. The van der Waals surface area contributed by atoms with Crippen molar-refractivity contribution in [3.63, 3.8) is 0 Å². The first-order valence-corrected chi connectivity index (χ1v) is 5.76. The van der Waals surface area contributed by atoms with Gasteiger partial charge in [0, 0.05) is 17.3 Å². The van der Waals surface area contributed by atoms with E-state index in [1.807, 2.05) is 13.0 Å². The summed E-state index contributed by atoms with van der Waals surface area (Å²) < 4.78 is 0. The maximum Gasteiger partial charge on any atom is 0.251 e. The minimum atomic E-state index is -0.223. The van der Waals surface area contributed by atoms with E-state index in [2.05, 4.69) is 10.3 Å². The monoisotopic (exact) mass is 251 g/mol. The van der Waals surface area contributed by atoms with Gasteiger partial charge in [-0.25, -0.2) is 4.98 Å². The van der Waals surface area contributed by atoms with Crippen LogP contribution in [0.1, 0.15) is 35.8 Å². The number of hydrogen-bond acceptors (Lipinski definition) is 3. The molecule has 1 unspecified atom stereocenters. The number of halogens is 1. The predicted molar refractivity (Wildman–Crippen MR) is 65.8 cm³/mol. The number of aryl methyl sites for hydroxylation is 1. The number of carbonyl (C=O) groups is 1. The maximum atomic E-state index is 11.9. The highest BCUT2D eigenvalue weighted by atomic mass is 35.5. The number of rotatable bonds is 4. The Morgan fingerprint density at radius 3 is 2.88 bits per heavy atom. The Labute approximate surface area is 106 Å². The molecular weight excluding hydrogens is 238 g/mol. The van der Waals surface area contributed by atoms with Crippen LogP contribution in [-0.2, 0) is 0 Å². The fraction of sp³-hybridized carbons (Fsp3) is 0.417. The Hall–Kier alpha value is -1.60. The molecule has 90 valence electrons. The normalized spacial score (nSPS) is 11.6. The molecule has 0 aromatic carbocycles. The van der Waals surface area contributed by atoms with Gasteiger partial charge in [0.25, 0.3) is 5.91 Å². The van der Waals surface area contributed by atoms with Gasteiger partial charge in [0.15, 0.2) is 0 Å². The Balaban J connectivity index is 2.79. The van der Waals surface area contributed by atoms with Gasteiger partial charge in [-0.1, -0.05) is 18.5 Å². The van der Waals surface area contributed by atoms with Gasteiger partial charge in [-0.3, -0.25) is 4.79 Å². The van der Waals surface area contributed by atoms with Gasteiger partial charge < -0.3 is 5.32 Å². The van der Waals surface area contributed by atoms with Crippen molar-refractivity contribution >= 4 is 17.5 Å². The van der Waals surface area contributed by atoms with Crippen LogP contribution in [0.5, 0.6) is 0 Å². The number of pyridine rings is 1. The van der Waals surface area contributed by atoms with Crippen LogP contribution in [0.2, 0.25) is 5.15 Å². The lowest BCUT2D eigenvalue weighted by molar-refractivity contribution is 0.0936. The average molecular weight is 252 g/mol. The number of amides is 1. The molecule has 0 fully saturated rings. The topological polar surface area (TPSA) is 65.8 Å². The minimum absolute atomic E-state index is 0.125. The molecule has 0 radical (unpaired) electrons. The van der Waals surface area contributed by atoms with Gasteiger partial charge in [0.1, 0.15) is 5.15 Å². The fourth-order valence-corrected chi connectivity index (χ4v) is 1.69. The molecule has 0 bridgehead atoms. The van der Waals surface area contributed by atoms with Crippen molar-refractivity contribution in [3.8, 4) is 6.07 Å². The Kier molecular flexibility index (Phi) is 4.92. The summed E-state index contributed by atoms with van der Waals surface area (Å²) in [5.74, 6) is -0.223. The molecular formula is C12H14ClN3O. The zero-order chi connectivity index (χ0) is 12.8. The molecule has 1 atom stereocenters. The van der Waals surface area contributed by atoms with E-state index in [1.54, 1.807) is 13.0 Å². The van der Waals surface area contributed by atoms with Crippen LogP contribution in [0, 0.1) is 18.3 Å². The largest absolute Gasteiger partial charge is 0.348 e. The summed E-state index contributed by atoms with van der Waals surface area (Å²) in [5, 5.41) is 11.7. The molecule has 0 aliphatic rings. The van der Waals surface area contributed by atoms with Crippen molar-refractivity contribution in [2.45, 2.75) is 32.7 Å². The van der Waals surface area contributed by atoms with Crippen molar-refractivity contribution in [3.05, 3.63) is 28.5 Å². The van der Waals surface area contributed by atoms with Crippen LogP contribution in [0.15, 0.2) is 12.1 Å². The summed E-state index contributed by atoms with van der Waals surface area (Å²) >= 11 is 5.78. The van der Waals surface area contributed by atoms with E-state index in [0.29, 0.717) is 22.8 Å². The highest BCUT2D eigenvalue weighted by Gasteiger charge is 2.12. The van der Waals surface area contributed by atoms with Crippen molar-refractivity contribution in [1.82, 2.24) is 10.3 Å². The summed E-state index contributed by atoms with van der Waals surface area (Å²) in [6.45, 7) is 3.70. The quantitative estimate of drug-likeness (QED) is 0.836. The number of hydrogen-bond donors (Lipinski definition) is 1. The lowest BCUT2D eigenvalue weighted by Gasteiger charge is -2.13. The zero-order valence-electron chi connectivity index (χ0n) is 9.83. The minimum Gasteiger partial charge on any atom is -0.348 e. The summed E-state index contributed by atoms with van der Waals surface area (Å²) in [6.07, 6.45) is 1.02. The predicted octanol–water partition coefficient (Wildman–Crippen LogP) is 2.47. The third-order valence-electron chi connectivity index (χ3n) is 2.35. The molecule has 1 rings (SSSR count). The van der Waals surface area contributed by atoms with Crippen LogP contribution in [0.25, 0.3) is 0 Å². The SMILES string of the molecule is CCC(CC#N)NC(=O)c1cc(C)nc(Cl)c1. The maximum absolute atomic E-state index is 11.9. The molecule has 1 amide bonds. The second kappa shape index (κ2) is 6.21. The van der Waals surface area contributed by atoms with Crippen LogP contribution < -0.4 is 5.32 Å². The molecule has 1 aromatic rings. The van der Waals surface area contributed by atoms with Crippen LogP contribution in [0.3, 0.4) is 0 Å². The number of nitriles is 1. The molecule has 1 N–H and O–H groups in total. The second-order valence-corrected chi connectivity index (χ2v) is 4.15. The Bertz CT molecular complexity index is 433. The number of carbonyl (C=O) groups excluding carboxylic acids is 1. The first kappa shape index (κ1) is 13.5. The van der Waals surface area contributed by atoms with Gasteiger partial charge in [0.05, 0.1) is 12.5 Å². The van der Waals surface area contributed by atoms with Crippen LogP contribution >= 0.6 is 11.6 Å². The first-order valence-electron chi connectivity index (χ1n) is 5.38. The van der Waals surface area contributed by atoms with E-state index in [-0.39, 0.29) is 11.9 Å². The van der Waals surface area contributed by atoms with Crippen molar-refractivity contribution in [2.24, 2.45) is 0 Å². The van der Waals surface area contributed by atoms with Crippen LogP contribution in [0.4, 0.5) is 0 Å². The van der Waals surface area contributed by atoms with Gasteiger partial charge >= 0.3 is 0 Å². The average Bonchev–Trinajstić information content (AvgIpc) is 2.27. The first-order chi connectivity index (χ1) is 8.06. The molecule has 0 saturated carbocycles. The molecule has 0 spiro atoms. The lowest BCUT2D eigenvalue weighted by atomic mass is 10.1. The second-order valence-electron chi connectivity index (χ2n) is 3.76. The third kappa shape index (κ3) is 4.04. The van der Waals surface area contributed by atoms with Crippen LogP contribution in [-0.4, -0.2) is 16.9 Å². The molecule has 5 heteroatoms. The summed E-state index contributed by atoms with van der Waals surface area (Å²) in [7, 11) is 0. The van der Waals surface area contributed by atoms with E-state index in [9.17, 15) is 4.79 Å². The Morgan fingerprint density at radius 2 is 2.35 bits per heavy atom. The van der Waals surface area contributed by atoms with E-state index < -0.39 is 0 Å². The van der Waals surface area contributed by atoms with E-state index in [0.717, 1.165) is 6.42 Å². The van der Waals surface area contributed by atoms with E-state index >= 15 is 0 Å². The van der Waals surface area contributed by atoms with Gasteiger partial charge in [-0.05, 0) is 25.5 Å². The van der Waals surface area contributed by atoms with E-state index in [4.69, 9.17) is 16.9 Å². The lowest BCUT2D eigenvalue weighted by Crippen LogP contribution is -2.34. The standard InChI is InChI=1S/C12H14ClN3O/c1-3-10(4-5-14)16-12(17)9-6-8(2)15-11(13)7-9/h6-7,10H,3-4H2,1-2H3,(H,16,17). The van der Waals surface area contributed by atoms with Gasteiger partial charge in [0.2, 0.25) is 0 Å². The van der Waals surface area contributed by atoms with Crippen molar-refractivity contribution in [2.75, 3.05) is 0 Å². The van der Waals surface area contributed by atoms with E-state index in [1.165, 1.54) is 6.07 Å². The molecule has 0 aliphatic carbocycles. The zero-order valence-corrected chi connectivity index (χ0v) is 10.6. The summed E-state index contributed by atoms with van der Waals surface area (Å²) in [5.41, 5.74) is 1.16. The molecule has 17 heavy (non-hydrogen) atoms. The number of aromatic nitrogens is 1. The number of nitrogens with one attached hydrogen (secondary N) is 1. The van der Waals surface area contributed by atoms with Gasteiger partial charge in [-0.15, -0.1) is 0 Å². The molecule has 1 heterocycles. The smallest absolute Gasteiger partial charge is 0.251 e. The third-order valence-corrected chi connectivity index (χ3v) is 2.54. The summed E-state index contributed by atoms with van der Waals surface area (Å²) in [6, 6.07) is 5.10. The summed E-state index contributed by atoms with van der Waals surface area (Å²) in [4.78, 5) is 15.9. The molecule has 4 nitrogen and oxygen atoms in total. The highest BCUT2D eigenvalue weighted by molar-refractivity contribution is 6.29. The fourth-order valence-electron chi connectivity index (χ4n) is 1.44. The Morgan fingerprint density at radius 1 is 1.65 bits per heavy atom. The van der Waals surface area contributed by atoms with Crippen molar-refractivity contribution in [1.29, 1.82) is 5.26 Å². The van der Waals surface area contributed by atoms with Gasteiger partial charge in [-0.2, -0.15) is 5.26 Å². The molecule has 1 aromatic heterocycles.